The topological polar surface area (TPSA) is 15.3 Å². The van der Waals surface area contributed by atoms with Gasteiger partial charge >= 0.3 is 0 Å². The van der Waals surface area contributed by atoms with E-state index in [4.69, 9.17) is 0 Å². The lowest BCUT2D eigenvalue weighted by atomic mass is 9.92. The van der Waals surface area contributed by atoms with Gasteiger partial charge in [-0.25, -0.2) is 0 Å². The van der Waals surface area contributed by atoms with Crippen molar-refractivity contribution in [3.8, 4) is 0 Å². The Morgan fingerprint density at radius 1 is 1.25 bits per heavy atom. The van der Waals surface area contributed by atoms with Crippen LogP contribution >= 0.6 is 0 Å². The molecule has 2 heteroatoms. The molecule has 0 aliphatic carbocycles. The Morgan fingerprint density at radius 2 is 2.00 bits per heavy atom. The van der Waals surface area contributed by atoms with Gasteiger partial charge in [-0.2, -0.15) is 0 Å². The van der Waals surface area contributed by atoms with Gasteiger partial charge in [-0.15, -0.1) is 0 Å². The van der Waals surface area contributed by atoms with Crippen molar-refractivity contribution in [3.63, 3.8) is 0 Å². The van der Waals surface area contributed by atoms with E-state index in [2.05, 4.69) is 37.9 Å². The molecule has 1 rings (SSSR count). The van der Waals surface area contributed by atoms with E-state index in [1.165, 1.54) is 51.9 Å². The van der Waals surface area contributed by atoms with Gasteiger partial charge in [0.25, 0.3) is 0 Å². The molecule has 1 aliphatic heterocycles. The maximum Gasteiger partial charge on any atom is 0.00766 e. The quantitative estimate of drug-likeness (QED) is 0.796. The van der Waals surface area contributed by atoms with Crippen LogP contribution in [0.5, 0.6) is 0 Å². The van der Waals surface area contributed by atoms with Gasteiger partial charge in [0.05, 0.1) is 0 Å². The van der Waals surface area contributed by atoms with E-state index >= 15 is 0 Å². The van der Waals surface area contributed by atoms with Crippen LogP contribution in [0.2, 0.25) is 0 Å². The SMILES string of the molecule is CCC1CCN(CCC(C)(C)C)CCCN1. The standard InChI is InChI=1S/C14H30N2/c1-5-13-7-11-16(10-6-9-15-13)12-8-14(2,3)4/h13,15H,5-12H2,1-4H3. The average Bonchev–Trinajstić information content (AvgIpc) is 2.15. The van der Waals surface area contributed by atoms with Gasteiger partial charge in [-0.1, -0.05) is 27.7 Å². The first-order valence-electron chi connectivity index (χ1n) is 6.97. The van der Waals surface area contributed by atoms with Crippen LogP contribution in [0.4, 0.5) is 0 Å². The molecule has 1 aliphatic rings. The highest BCUT2D eigenvalue weighted by Crippen LogP contribution is 2.19. The summed E-state index contributed by atoms with van der Waals surface area (Å²) in [4.78, 5) is 2.66. The fraction of sp³-hybridized carbons (Fsp3) is 1.00. The van der Waals surface area contributed by atoms with Crippen LogP contribution in [-0.4, -0.2) is 37.1 Å². The Balaban J connectivity index is 2.30. The minimum atomic E-state index is 0.477. The van der Waals surface area contributed by atoms with E-state index < -0.39 is 0 Å². The molecular formula is C14H30N2. The maximum absolute atomic E-state index is 3.64. The van der Waals surface area contributed by atoms with E-state index in [0.717, 1.165) is 6.04 Å². The molecule has 0 aromatic rings. The van der Waals surface area contributed by atoms with Gasteiger partial charge < -0.3 is 10.2 Å². The maximum atomic E-state index is 3.64. The summed E-state index contributed by atoms with van der Waals surface area (Å²) in [5.74, 6) is 0. The Kier molecular flexibility index (Phi) is 5.77. The third-order valence-corrected chi connectivity index (χ3v) is 3.55. The van der Waals surface area contributed by atoms with E-state index in [-0.39, 0.29) is 0 Å². The second-order valence-corrected chi connectivity index (χ2v) is 6.35. The van der Waals surface area contributed by atoms with Crippen molar-refractivity contribution in [1.82, 2.24) is 10.2 Å². The molecule has 0 aromatic carbocycles. The van der Waals surface area contributed by atoms with Crippen molar-refractivity contribution in [1.29, 1.82) is 0 Å². The lowest BCUT2D eigenvalue weighted by Gasteiger charge is -2.30. The van der Waals surface area contributed by atoms with Crippen LogP contribution in [0.25, 0.3) is 0 Å². The zero-order valence-corrected chi connectivity index (χ0v) is 11.7. The van der Waals surface area contributed by atoms with Crippen molar-refractivity contribution in [3.05, 3.63) is 0 Å². The van der Waals surface area contributed by atoms with Gasteiger partial charge in [0, 0.05) is 6.04 Å². The molecule has 2 nitrogen and oxygen atoms in total. The minimum Gasteiger partial charge on any atom is -0.314 e. The highest BCUT2D eigenvalue weighted by atomic mass is 15.1. The summed E-state index contributed by atoms with van der Waals surface area (Å²) >= 11 is 0. The number of rotatable bonds is 3. The van der Waals surface area contributed by atoms with Gasteiger partial charge in [0.2, 0.25) is 0 Å². The van der Waals surface area contributed by atoms with Crippen molar-refractivity contribution in [2.24, 2.45) is 5.41 Å². The third kappa shape index (κ3) is 5.86. The number of nitrogens with one attached hydrogen (secondary N) is 1. The molecule has 1 atom stereocenters. The second kappa shape index (κ2) is 6.61. The van der Waals surface area contributed by atoms with Crippen LogP contribution in [0.15, 0.2) is 0 Å². The predicted molar refractivity (Wildman–Crippen MR) is 71.8 cm³/mol. The predicted octanol–water partition coefficient (Wildman–Crippen LogP) is 2.89. The van der Waals surface area contributed by atoms with E-state index in [9.17, 15) is 0 Å². The lowest BCUT2D eigenvalue weighted by Crippen LogP contribution is -2.40. The van der Waals surface area contributed by atoms with Crippen molar-refractivity contribution >= 4 is 0 Å². The Bertz CT molecular complexity index is 184. The summed E-state index contributed by atoms with van der Waals surface area (Å²) in [5, 5.41) is 3.64. The lowest BCUT2D eigenvalue weighted by molar-refractivity contribution is 0.201. The van der Waals surface area contributed by atoms with Crippen molar-refractivity contribution < 1.29 is 0 Å². The Morgan fingerprint density at radius 3 is 2.62 bits per heavy atom. The van der Waals surface area contributed by atoms with Crippen LogP contribution in [0.1, 0.15) is 53.4 Å². The molecule has 1 heterocycles. The van der Waals surface area contributed by atoms with Gasteiger partial charge in [-0.05, 0) is 57.3 Å². The highest BCUT2D eigenvalue weighted by Gasteiger charge is 2.16. The number of hydrogen-bond acceptors (Lipinski definition) is 2. The van der Waals surface area contributed by atoms with Gasteiger partial charge in [0.1, 0.15) is 0 Å². The molecule has 0 aromatic heterocycles. The monoisotopic (exact) mass is 226 g/mol. The minimum absolute atomic E-state index is 0.477. The van der Waals surface area contributed by atoms with Gasteiger partial charge in [-0.3, -0.25) is 0 Å². The molecule has 1 fully saturated rings. The molecule has 0 bridgehead atoms. The summed E-state index contributed by atoms with van der Waals surface area (Å²) in [5.41, 5.74) is 0.477. The van der Waals surface area contributed by atoms with Crippen LogP contribution in [0, 0.1) is 5.41 Å². The summed E-state index contributed by atoms with van der Waals surface area (Å²) in [7, 11) is 0. The molecule has 1 saturated heterocycles. The first kappa shape index (κ1) is 14.0. The molecule has 0 saturated carbocycles. The molecule has 96 valence electrons. The first-order valence-corrected chi connectivity index (χ1v) is 6.97. The molecule has 16 heavy (non-hydrogen) atoms. The summed E-state index contributed by atoms with van der Waals surface area (Å²) in [6, 6.07) is 0.748. The van der Waals surface area contributed by atoms with E-state index in [0.29, 0.717) is 5.41 Å². The summed E-state index contributed by atoms with van der Waals surface area (Å²) < 4.78 is 0. The zero-order valence-electron chi connectivity index (χ0n) is 11.7. The molecular weight excluding hydrogens is 196 g/mol. The van der Waals surface area contributed by atoms with Crippen molar-refractivity contribution in [2.45, 2.75) is 59.4 Å². The van der Waals surface area contributed by atoms with Crippen molar-refractivity contribution in [2.75, 3.05) is 26.2 Å². The summed E-state index contributed by atoms with van der Waals surface area (Å²) in [6.45, 7) is 14.3. The summed E-state index contributed by atoms with van der Waals surface area (Å²) in [6.07, 6.45) is 5.21. The van der Waals surface area contributed by atoms with Gasteiger partial charge in [0.15, 0.2) is 0 Å². The largest absolute Gasteiger partial charge is 0.314 e. The van der Waals surface area contributed by atoms with Crippen LogP contribution in [-0.2, 0) is 0 Å². The van der Waals surface area contributed by atoms with E-state index in [1.807, 2.05) is 0 Å². The third-order valence-electron chi connectivity index (χ3n) is 3.55. The molecule has 1 N–H and O–H groups in total. The molecule has 1 unspecified atom stereocenters. The first-order chi connectivity index (χ1) is 7.51. The Hall–Kier alpha value is -0.0800. The molecule has 0 radical (unpaired) electrons. The average molecular weight is 226 g/mol. The molecule has 0 amide bonds. The zero-order chi connectivity index (χ0) is 12.0. The highest BCUT2D eigenvalue weighted by molar-refractivity contribution is 4.73. The second-order valence-electron chi connectivity index (χ2n) is 6.35. The smallest absolute Gasteiger partial charge is 0.00766 e. The normalized spacial score (nSPS) is 25.1. The van der Waals surface area contributed by atoms with Crippen LogP contribution < -0.4 is 5.32 Å². The van der Waals surface area contributed by atoms with E-state index in [1.54, 1.807) is 0 Å². The van der Waals surface area contributed by atoms with Crippen LogP contribution in [0.3, 0.4) is 0 Å². The fourth-order valence-corrected chi connectivity index (χ4v) is 2.23. The fourth-order valence-electron chi connectivity index (χ4n) is 2.23. The number of hydrogen-bond donors (Lipinski definition) is 1. The molecule has 0 spiro atoms. The Labute approximate surface area is 102 Å². The number of nitrogens with zero attached hydrogens (tertiary/aromatic N) is 1.